The minimum atomic E-state index is 0.445. The molecule has 1 aliphatic heterocycles. The second-order valence-corrected chi connectivity index (χ2v) is 4.21. The maximum Gasteiger partial charge on any atom is 0.0561 e. The van der Waals surface area contributed by atoms with Gasteiger partial charge in [-0.05, 0) is 32.6 Å². The van der Waals surface area contributed by atoms with Crippen LogP contribution in [0.4, 0.5) is 0 Å². The van der Waals surface area contributed by atoms with Gasteiger partial charge in [0.15, 0.2) is 0 Å². The van der Waals surface area contributed by atoms with Gasteiger partial charge in [0.2, 0.25) is 0 Å². The van der Waals surface area contributed by atoms with Crippen LogP contribution in [-0.4, -0.2) is 24.8 Å². The average molecular weight is 181 g/mol. The molecule has 0 bridgehead atoms. The average Bonchev–Trinajstić information content (AvgIpc) is 2.57. The second kappa shape index (κ2) is 4.25. The molecule has 1 aliphatic carbocycles. The lowest BCUT2D eigenvalue weighted by Crippen LogP contribution is -2.42. The highest BCUT2D eigenvalue weighted by atomic mass is 16.5. The van der Waals surface area contributed by atoms with E-state index < -0.39 is 0 Å². The van der Waals surface area contributed by atoms with Crippen LogP contribution < -0.4 is 5.32 Å². The third-order valence-corrected chi connectivity index (χ3v) is 2.96. The minimum Gasteiger partial charge on any atom is -0.378 e. The van der Waals surface area contributed by atoms with Crippen molar-refractivity contribution in [3.8, 4) is 0 Å². The van der Waals surface area contributed by atoms with E-state index in [4.69, 9.17) is 4.74 Å². The predicted molar refractivity (Wildman–Crippen MR) is 53.7 cm³/mol. The van der Waals surface area contributed by atoms with Gasteiger partial charge in [-0.2, -0.15) is 0 Å². The summed E-state index contributed by atoms with van der Waals surface area (Å²) in [5, 5.41) is 3.71. The first-order valence-electron chi connectivity index (χ1n) is 5.37. The molecule has 1 N–H and O–H groups in total. The fourth-order valence-corrected chi connectivity index (χ4v) is 2.24. The number of ether oxygens (including phenoxy) is 1. The summed E-state index contributed by atoms with van der Waals surface area (Å²) in [6, 6.07) is 1.39. The zero-order valence-electron chi connectivity index (χ0n) is 8.33. The number of nitrogens with one attached hydrogen (secondary N) is 1. The Hall–Kier alpha value is -0.340. The van der Waals surface area contributed by atoms with E-state index in [9.17, 15) is 0 Å². The molecule has 2 nitrogen and oxygen atoms in total. The molecule has 2 heteroatoms. The van der Waals surface area contributed by atoms with Gasteiger partial charge in [0, 0.05) is 18.7 Å². The van der Waals surface area contributed by atoms with Gasteiger partial charge < -0.3 is 10.1 Å². The van der Waals surface area contributed by atoms with Crippen molar-refractivity contribution < 1.29 is 4.74 Å². The van der Waals surface area contributed by atoms with Crippen molar-refractivity contribution in [2.45, 2.75) is 50.8 Å². The summed E-state index contributed by atoms with van der Waals surface area (Å²) >= 11 is 0. The summed E-state index contributed by atoms with van der Waals surface area (Å²) in [5.74, 6) is 0. The summed E-state index contributed by atoms with van der Waals surface area (Å²) < 4.78 is 5.52. The van der Waals surface area contributed by atoms with E-state index in [1.807, 2.05) is 0 Å². The molecular weight excluding hydrogens is 162 g/mol. The molecule has 0 radical (unpaired) electrons. The lowest BCUT2D eigenvalue weighted by molar-refractivity contribution is 0.0115. The van der Waals surface area contributed by atoms with Gasteiger partial charge in [-0.25, -0.2) is 0 Å². The van der Waals surface area contributed by atoms with E-state index in [1.54, 1.807) is 0 Å². The largest absolute Gasteiger partial charge is 0.378 e. The molecule has 0 aromatic rings. The number of rotatable bonds is 2. The van der Waals surface area contributed by atoms with Crippen molar-refractivity contribution in [1.82, 2.24) is 5.32 Å². The Kier molecular flexibility index (Phi) is 3.01. The summed E-state index contributed by atoms with van der Waals surface area (Å²) in [5.41, 5.74) is 0. The van der Waals surface area contributed by atoms with E-state index in [2.05, 4.69) is 24.4 Å². The Morgan fingerprint density at radius 3 is 2.69 bits per heavy atom. The standard InChI is InChI=1S/C11H19NO/c1-9-8-11(6-7-13-9)12-10-4-2-3-5-10/h2-3,9-12H,4-8H2,1H3. The lowest BCUT2D eigenvalue weighted by Gasteiger charge is -2.30. The Balaban J connectivity index is 1.74. The summed E-state index contributed by atoms with van der Waals surface area (Å²) in [7, 11) is 0. The maximum absolute atomic E-state index is 5.52. The van der Waals surface area contributed by atoms with Gasteiger partial charge in [0.25, 0.3) is 0 Å². The zero-order chi connectivity index (χ0) is 9.10. The van der Waals surface area contributed by atoms with Crippen molar-refractivity contribution >= 4 is 0 Å². The Morgan fingerprint density at radius 2 is 2.00 bits per heavy atom. The van der Waals surface area contributed by atoms with Gasteiger partial charge in [-0.1, -0.05) is 12.2 Å². The van der Waals surface area contributed by atoms with Gasteiger partial charge in [-0.15, -0.1) is 0 Å². The Morgan fingerprint density at radius 1 is 1.23 bits per heavy atom. The highest BCUT2D eigenvalue weighted by Gasteiger charge is 2.21. The molecule has 2 rings (SSSR count). The Labute approximate surface area is 80.4 Å². The molecule has 0 saturated carbocycles. The van der Waals surface area contributed by atoms with Crippen LogP contribution in [0.2, 0.25) is 0 Å². The smallest absolute Gasteiger partial charge is 0.0561 e. The van der Waals surface area contributed by atoms with Crippen LogP contribution in [0, 0.1) is 0 Å². The summed E-state index contributed by atoms with van der Waals surface area (Å²) in [6.45, 7) is 3.10. The van der Waals surface area contributed by atoms with Crippen molar-refractivity contribution in [2.75, 3.05) is 6.61 Å². The van der Waals surface area contributed by atoms with Crippen LogP contribution in [-0.2, 0) is 4.74 Å². The van der Waals surface area contributed by atoms with Crippen molar-refractivity contribution in [2.24, 2.45) is 0 Å². The zero-order valence-corrected chi connectivity index (χ0v) is 8.33. The quantitative estimate of drug-likeness (QED) is 0.657. The molecule has 1 fully saturated rings. The third-order valence-electron chi connectivity index (χ3n) is 2.96. The van der Waals surface area contributed by atoms with Crippen LogP contribution in [0.15, 0.2) is 12.2 Å². The first-order chi connectivity index (χ1) is 6.34. The highest BCUT2D eigenvalue weighted by molar-refractivity contribution is 4.98. The van der Waals surface area contributed by atoms with E-state index in [0.29, 0.717) is 18.2 Å². The van der Waals surface area contributed by atoms with Crippen molar-refractivity contribution in [3.05, 3.63) is 12.2 Å². The maximum atomic E-state index is 5.52. The monoisotopic (exact) mass is 181 g/mol. The van der Waals surface area contributed by atoms with Gasteiger partial charge in [0.05, 0.1) is 6.10 Å². The van der Waals surface area contributed by atoms with E-state index in [-0.39, 0.29) is 0 Å². The normalized spacial score (nSPS) is 35.5. The van der Waals surface area contributed by atoms with Crippen molar-refractivity contribution in [1.29, 1.82) is 0 Å². The molecule has 0 aromatic heterocycles. The number of hydrogen-bond donors (Lipinski definition) is 1. The summed E-state index contributed by atoms with van der Waals surface area (Å²) in [4.78, 5) is 0. The first kappa shape index (κ1) is 9.22. The molecule has 74 valence electrons. The molecule has 0 amide bonds. The number of hydrogen-bond acceptors (Lipinski definition) is 2. The molecule has 2 aliphatic rings. The predicted octanol–water partition coefficient (Wildman–Crippen LogP) is 1.86. The van der Waals surface area contributed by atoms with Crippen molar-refractivity contribution in [3.63, 3.8) is 0 Å². The van der Waals surface area contributed by atoms with E-state index >= 15 is 0 Å². The Bertz CT molecular complexity index is 183. The van der Waals surface area contributed by atoms with Gasteiger partial charge in [0.1, 0.15) is 0 Å². The fraction of sp³-hybridized carbons (Fsp3) is 0.818. The molecule has 2 atom stereocenters. The SMILES string of the molecule is CC1CC(NC2CC=CC2)CCO1. The van der Waals surface area contributed by atoms with E-state index in [0.717, 1.165) is 6.61 Å². The van der Waals surface area contributed by atoms with Crippen LogP contribution in [0.5, 0.6) is 0 Å². The summed E-state index contributed by atoms with van der Waals surface area (Å²) in [6.07, 6.45) is 9.79. The second-order valence-electron chi connectivity index (χ2n) is 4.21. The van der Waals surface area contributed by atoms with Crippen LogP contribution in [0.1, 0.15) is 32.6 Å². The molecular formula is C11H19NO. The topological polar surface area (TPSA) is 21.3 Å². The lowest BCUT2D eigenvalue weighted by atomic mass is 10.0. The highest BCUT2D eigenvalue weighted by Crippen LogP contribution is 2.17. The first-order valence-corrected chi connectivity index (χ1v) is 5.37. The van der Waals surface area contributed by atoms with E-state index in [1.165, 1.54) is 25.7 Å². The molecule has 0 spiro atoms. The third kappa shape index (κ3) is 2.55. The van der Waals surface area contributed by atoms with Crippen LogP contribution in [0.3, 0.4) is 0 Å². The molecule has 1 heterocycles. The fourth-order valence-electron chi connectivity index (χ4n) is 2.24. The van der Waals surface area contributed by atoms with Gasteiger partial charge >= 0.3 is 0 Å². The van der Waals surface area contributed by atoms with Crippen LogP contribution >= 0.6 is 0 Å². The molecule has 2 unspecified atom stereocenters. The van der Waals surface area contributed by atoms with Crippen LogP contribution in [0.25, 0.3) is 0 Å². The minimum absolute atomic E-state index is 0.445. The van der Waals surface area contributed by atoms with Gasteiger partial charge in [-0.3, -0.25) is 0 Å². The molecule has 1 saturated heterocycles. The molecule has 0 aromatic carbocycles. The molecule has 13 heavy (non-hydrogen) atoms.